The standard InChI is InChI=1S/C11H12ClNO3.Na/c1-7-3-2-4-8(12)11(7)13-9(14)5-6-10(15)16;/h2-4H,5-6H2,1H3,(H,13,14)(H,15,16);/q;+1/p-1. The Morgan fingerprint density at radius 1 is 1.35 bits per heavy atom. The number of aryl methyl sites for hydroxylation is 1. The van der Waals surface area contributed by atoms with Gasteiger partial charge < -0.3 is 15.2 Å². The van der Waals surface area contributed by atoms with Crippen molar-refractivity contribution in [2.45, 2.75) is 19.8 Å². The molecule has 0 heterocycles. The van der Waals surface area contributed by atoms with Gasteiger partial charge in [0.25, 0.3) is 0 Å². The van der Waals surface area contributed by atoms with Crippen LogP contribution in [0.15, 0.2) is 18.2 Å². The predicted molar refractivity (Wildman–Crippen MR) is 59.1 cm³/mol. The minimum absolute atomic E-state index is 0. The molecule has 0 aliphatic heterocycles. The second kappa shape index (κ2) is 7.71. The van der Waals surface area contributed by atoms with Crippen molar-refractivity contribution >= 4 is 29.2 Å². The number of hydrogen-bond acceptors (Lipinski definition) is 3. The third kappa shape index (κ3) is 5.55. The average molecular weight is 264 g/mol. The van der Waals surface area contributed by atoms with E-state index < -0.39 is 5.97 Å². The van der Waals surface area contributed by atoms with Crippen molar-refractivity contribution in [2.24, 2.45) is 0 Å². The Kier molecular flexibility index (Phi) is 7.46. The van der Waals surface area contributed by atoms with Crippen LogP contribution in [0.5, 0.6) is 0 Å². The van der Waals surface area contributed by atoms with Gasteiger partial charge in [-0.1, -0.05) is 23.7 Å². The van der Waals surface area contributed by atoms with E-state index in [-0.39, 0.29) is 48.3 Å². The second-order valence-electron chi connectivity index (χ2n) is 3.35. The topological polar surface area (TPSA) is 69.2 Å². The maximum atomic E-state index is 11.4. The molecule has 0 saturated carbocycles. The van der Waals surface area contributed by atoms with Crippen LogP contribution >= 0.6 is 11.6 Å². The van der Waals surface area contributed by atoms with Crippen LogP contribution in [0.3, 0.4) is 0 Å². The van der Waals surface area contributed by atoms with E-state index in [1.54, 1.807) is 25.1 Å². The molecule has 4 nitrogen and oxygen atoms in total. The van der Waals surface area contributed by atoms with Gasteiger partial charge in [0.15, 0.2) is 0 Å². The van der Waals surface area contributed by atoms with Crippen molar-refractivity contribution in [3.8, 4) is 0 Å². The summed E-state index contributed by atoms with van der Waals surface area (Å²) in [5.74, 6) is -1.63. The molecule has 6 heteroatoms. The largest absolute Gasteiger partial charge is 1.00 e. The molecule has 1 rings (SSSR count). The van der Waals surface area contributed by atoms with E-state index in [2.05, 4.69) is 5.32 Å². The molecule has 0 aromatic heterocycles. The Morgan fingerprint density at radius 2 is 2.00 bits per heavy atom. The number of nitrogens with one attached hydrogen (secondary N) is 1. The van der Waals surface area contributed by atoms with E-state index in [1.165, 1.54) is 0 Å². The van der Waals surface area contributed by atoms with Gasteiger partial charge in [-0.2, -0.15) is 0 Å². The molecule has 0 radical (unpaired) electrons. The molecule has 0 aliphatic carbocycles. The summed E-state index contributed by atoms with van der Waals surface area (Å²) < 4.78 is 0. The van der Waals surface area contributed by atoms with Crippen LogP contribution in [0.1, 0.15) is 18.4 Å². The molecule has 0 atom stereocenters. The smallest absolute Gasteiger partial charge is 0.550 e. The van der Waals surface area contributed by atoms with Gasteiger partial charge in [0.1, 0.15) is 0 Å². The number of benzene rings is 1. The Labute approximate surface area is 127 Å². The molecule has 1 N–H and O–H groups in total. The summed E-state index contributed by atoms with van der Waals surface area (Å²) in [5, 5.41) is 13.2. The molecule has 1 aromatic carbocycles. The molecule has 17 heavy (non-hydrogen) atoms. The van der Waals surface area contributed by atoms with Crippen molar-refractivity contribution in [1.29, 1.82) is 0 Å². The van der Waals surface area contributed by atoms with E-state index in [0.29, 0.717) is 10.7 Å². The third-order valence-electron chi connectivity index (χ3n) is 2.04. The van der Waals surface area contributed by atoms with E-state index in [4.69, 9.17) is 11.6 Å². The zero-order chi connectivity index (χ0) is 12.1. The number of halogens is 1. The first-order chi connectivity index (χ1) is 7.50. The van der Waals surface area contributed by atoms with Gasteiger partial charge in [-0.05, 0) is 25.0 Å². The van der Waals surface area contributed by atoms with Crippen LogP contribution in [0.4, 0.5) is 5.69 Å². The zero-order valence-corrected chi connectivity index (χ0v) is 12.5. The average Bonchev–Trinajstić information content (AvgIpc) is 2.21. The molecular formula is C11H11ClNNaO3. The molecule has 1 amide bonds. The number of amides is 1. The number of carbonyl (C=O) groups is 2. The summed E-state index contributed by atoms with van der Waals surface area (Å²) >= 11 is 5.89. The molecule has 0 aliphatic rings. The van der Waals surface area contributed by atoms with Crippen molar-refractivity contribution in [3.63, 3.8) is 0 Å². The predicted octanol–water partition coefficient (Wildman–Crippen LogP) is -1.88. The van der Waals surface area contributed by atoms with Gasteiger partial charge in [0, 0.05) is 12.4 Å². The quantitative estimate of drug-likeness (QED) is 0.647. The summed E-state index contributed by atoms with van der Waals surface area (Å²) in [7, 11) is 0. The Morgan fingerprint density at radius 3 is 2.53 bits per heavy atom. The van der Waals surface area contributed by atoms with Gasteiger partial charge in [-0.15, -0.1) is 0 Å². The zero-order valence-electron chi connectivity index (χ0n) is 9.75. The normalized spacial score (nSPS) is 9.29. The van der Waals surface area contributed by atoms with Crippen LogP contribution in [-0.4, -0.2) is 11.9 Å². The van der Waals surface area contributed by atoms with E-state index in [0.717, 1.165) is 5.56 Å². The van der Waals surface area contributed by atoms with E-state index >= 15 is 0 Å². The monoisotopic (exact) mass is 263 g/mol. The van der Waals surface area contributed by atoms with Crippen LogP contribution in [-0.2, 0) is 9.59 Å². The fourth-order valence-corrected chi connectivity index (χ4v) is 1.48. The maximum Gasteiger partial charge on any atom is 1.00 e. The van der Waals surface area contributed by atoms with Crippen molar-refractivity contribution in [2.75, 3.05) is 5.32 Å². The number of hydrogen-bond donors (Lipinski definition) is 1. The fraction of sp³-hybridized carbons (Fsp3) is 0.273. The maximum absolute atomic E-state index is 11.4. The van der Waals surface area contributed by atoms with Crippen molar-refractivity contribution in [3.05, 3.63) is 28.8 Å². The van der Waals surface area contributed by atoms with Crippen LogP contribution in [0.25, 0.3) is 0 Å². The summed E-state index contributed by atoms with van der Waals surface area (Å²) in [5.41, 5.74) is 1.35. The fourth-order valence-electron chi connectivity index (χ4n) is 1.21. The van der Waals surface area contributed by atoms with Gasteiger partial charge in [0.2, 0.25) is 5.91 Å². The van der Waals surface area contributed by atoms with Crippen LogP contribution < -0.4 is 40.0 Å². The van der Waals surface area contributed by atoms with Gasteiger partial charge >= 0.3 is 29.6 Å². The van der Waals surface area contributed by atoms with Gasteiger partial charge in [-0.25, -0.2) is 0 Å². The minimum Gasteiger partial charge on any atom is -0.550 e. The minimum atomic E-state index is -1.24. The van der Waals surface area contributed by atoms with Crippen molar-refractivity contribution in [1.82, 2.24) is 0 Å². The first-order valence-corrected chi connectivity index (χ1v) is 5.13. The SMILES string of the molecule is Cc1cccc(Cl)c1NC(=O)CCC(=O)[O-].[Na+]. The number of carbonyl (C=O) groups excluding carboxylic acids is 2. The molecule has 0 saturated heterocycles. The number of para-hydroxylation sites is 1. The van der Waals surface area contributed by atoms with E-state index in [1.807, 2.05) is 0 Å². The molecular weight excluding hydrogens is 253 g/mol. The number of aliphatic carboxylic acids is 1. The Balaban J connectivity index is 0.00000256. The summed E-state index contributed by atoms with van der Waals surface area (Å²) in [4.78, 5) is 21.5. The molecule has 1 aromatic rings. The first-order valence-electron chi connectivity index (χ1n) is 4.75. The summed E-state index contributed by atoms with van der Waals surface area (Å²) in [6, 6.07) is 5.23. The number of carboxylic acids is 1. The third-order valence-corrected chi connectivity index (χ3v) is 2.36. The summed E-state index contributed by atoms with van der Waals surface area (Å²) in [6.07, 6.45) is -0.414. The van der Waals surface area contributed by atoms with Gasteiger partial charge in [-0.3, -0.25) is 4.79 Å². The molecule has 0 spiro atoms. The first kappa shape index (κ1) is 16.4. The number of rotatable bonds is 4. The van der Waals surface area contributed by atoms with E-state index in [9.17, 15) is 14.7 Å². The Bertz CT molecular complexity index is 403. The Hall–Kier alpha value is -0.550. The molecule has 0 unspecified atom stereocenters. The van der Waals surface area contributed by atoms with Crippen LogP contribution in [0.2, 0.25) is 5.02 Å². The van der Waals surface area contributed by atoms with Crippen LogP contribution in [0, 0.1) is 6.92 Å². The summed E-state index contributed by atoms with van der Waals surface area (Å²) in [6.45, 7) is 1.81. The van der Waals surface area contributed by atoms with Gasteiger partial charge in [0.05, 0.1) is 10.7 Å². The molecule has 0 bridgehead atoms. The molecule has 0 fully saturated rings. The second-order valence-corrected chi connectivity index (χ2v) is 3.76. The number of anilines is 1. The number of carboxylic acid groups (broad SMARTS) is 1. The molecule has 86 valence electrons. The van der Waals surface area contributed by atoms with Crippen molar-refractivity contribution < 1.29 is 44.3 Å².